The Balaban J connectivity index is 1.96. The van der Waals surface area contributed by atoms with E-state index >= 15 is 0 Å². The van der Waals surface area contributed by atoms with Crippen molar-refractivity contribution in [2.45, 2.75) is 57.2 Å². The number of piperidine rings is 1. The molecule has 0 bridgehead atoms. The maximum absolute atomic E-state index is 13.0. The lowest BCUT2D eigenvalue weighted by atomic mass is 9.74. The summed E-state index contributed by atoms with van der Waals surface area (Å²) < 4.78 is 41.6. The molecule has 0 amide bonds. The molecule has 1 aromatic heterocycles. The van der Waals surface area contributed by atoms with E-state index in [-0.39, 0.29) is 21.9 Å². The summed E-state index contributed by atoms with van der Waals surface area (Å²) in [5, 5.41) is 3.35. The summed E-state index contributed by atoms with van der Waals surface area (Å²) in [6.07, 6.45) is -0.0440. The molecule has 4 nitrogen and oxygen atoms in total. The van der Waals surface area contributed by atoms with Crippen LogP contribution in [0.15, 0.2) is 12.1 Å². The van der Waals surface area contributed by atoms with E-state index in [1.54, 1.807) is 6.07 Å². The first-order valence-corrected chi connectivity index (χ1v) is 9.55. The lowest BCUT2D eigenvalue weighted by Crippen LogP contribution is -2.48. The van der Waals surface area contributed by atoms with Gasteiger partial charge in [0.05, 0.1) is 6.04 Å². The zero-order valence-corrected chi connectivity index (χ0v) is 15.2. The topological polar surface area (TPSA) is 60.0 Å². The van der Waals surface area contributed by atoms with E-state index in [4.69, 9.17) is 0 Å². The Kier molecular flexibility index (Phi) is 4.90. The van der Waals surface area contributed by atoms with Crippen LogP contribution in [-0.4, -0.2) is 27.4 Å². The van der Waals surface area contributed by atoms with Crippen molar-refractivity contribution < 1.29 is 13.3 Å². The Morgan fingerprint density at radius 1 is 1.33 bits per heavy atom. The van der Waals surface area contributed by atoms with Gasteiger partial charge in [0.2, 0.25) is 0 Å². The van der Waals surface area contributed by atoms with Gasteiger partial charge in [0, 0.05) is 22.5 Å². The van der Waals surface area contributed by atoms with E-state index in [9.17, 15) is 13.3 Å². The molecule has 0 saturated carbocycles. The lowest BCUT2D eigenvalue weighted by Gasteiger charge is -2.40. The van der Waals surface area contributed by atoms with Gasteiger partial charge < -0.3 is 9.87 Å². The van der Waals surface area contributed by atoms with Gasteiger partial charge in [0.25, 0.3) is 6.43 Å². The number of aromatic nitrogens is 1. The molecule has 1 spiro atoms. The Labute approximate surface area is 145 Å². The van der Waals surface area contributed by atoms with Gasteiger partial charge in [-0.1, -0.05) is 6.07 Å². The molecule has 1 aromatic rings. The predicted octanol–water partition coefficient (Wildman–Crippen LogP) is 3.04. The van der Waals surface area contributed by atoms with E-state index in [0.717, 1.165) is 37.2 Å². The van der Waals surface area contributed by atoms with Crippen LogP contribution >= 0.6 is 0 Å². The lowest BCUT2D eigenvalue weighted by molar-refractivity contribution is 0.145. The van der Waals surface area contributed by atoms with Crippen LogP contribution in [0.5, 0.6) is 0 Å². The van der Waals surface area contributed by atoms with Crippen molar-refractivity contribution in [2.24, 2.45) is 5.41 Å². The van der Waals surface area contributed by atoms with Crippen LogP contribution in [0.1, 0.15) is 63.0 Å². The van der Waals surface area contributed by atoms with Crippen LogP contribution in [0, 0.1) is 5.41 Å². The van der Waals surface area contributed by atoms with Crippen molar-refractivity contribution in [1.82, 2.24) is 15.0 Å². The molecule has 7 heteroatoms. The van der Waals surface area contributed by atoms with E-state index in [1.165, 1.54) is 6.07 Å². The predicted molar refractivity (Wildman–Crippen MR) is 91.2 cm³/mol. The average Bonchev–Trinajstić information content (AvgIpc) is 2.79. The van der Waals surface area contributed by atoms with E-state index < -0.39 is 17.8 Å². The number of rotatable bonds is 3. The van der Waals surface area contributed by atoms with Gasteiger partial charge >= 0.3 is 0 Å². The van der Waals surface area contributed by atoms with Crippen LogP contribution in [-0.2, 0) is 17.8 Å². The monoisotopic (exact) mass is 357 g/mol. The van der Waals surface area contributed by atoms with E-state index in [0.29, 0.717) is 6.42 Å². The number of alkyl halides is 2. The number of fused-ring (bicyclic) bond motifs is 1. The quantitative estimate of drug-likeness (QED) is 0.817. The van der Waals surface area contributed by atoms with Gasteiger partial charge in [-0.3, -0.25) is 4.98 Å². The second kappa shape index (κ2) is 6.52. The first kappa shape index (κ1) is 18.0. The number of hydrogen-bond donors (Lipinski definition) is 2. The van der Waals surface area contributed by atoms with E-state index in [2.05, 4.69) is 15.0 Å². The third-order valence-corrected chi connectivity index (χ3v) is 6.64. The molecule has 1 unspecified atom stereocenters. The first-order valence-electron chi connectivity index (χ1n) is 8.40. The molecular weight excluding hydrogens is 332 g/mol. The minimum absolute atomic E-state index is 0.0950. The smallest absolute Gasteiger partial charge is 0.280 e. The van der Waals surface area contributed by atoms with Crippen molar-refractivity contribution in [2.75, 3.05) is 13.1 Å². The number of pyridine rings is 1. The van der Waals surface area contributed by atoms with Crippen LogP contribution in [0.2, 0.25) is 0 Å². The van der Waals surface area contributed by atoms with Crippen molar-refractivity contribution in [1.29, 1.82) is 0 Å². The maximum Gasteiger partial charge on any atom is 0.280 e. The van der Waals surface area contributed by atoms with Crippen molar-refractivity contribution in [3.8, 4) is 0 Å². The zero-order chi connectivity index (χ0) is 17.5. The Morgan fingerprint density at radius 2 is 2.00 bits per heavy atom. The first-order chi connectivity index (χ1) is 11.2. The van der Waals surface area contributed by atoms with Crippen molar-refractivity contribution in [3.05, 3.63) is 29.1 Å². The minimum Gasteiger partial charge on any atom is -0.598 e. The normalized spacial score (nSPS) is 24.4. The Hall–Kier alpha value is -0.760. The largest absolute Gasteiger partial charge is 0.598 e. The average molecular weight is 357 g/mol. The van der Waals surface area contributed by atoms with Gasteiger partial charge in [-0.2, -0.15) is 0 Å². The Morgan fingerprint density at radius 3 is 2.58 bits per heavy atom. The molecule has 1 aliphatic heterocycles. The molecule has 0 aromatic carbocycles. The fourth-order valence-corrected chi connectivity index (χ4v) is 4.63. The molecular formula is C17H25F2N3OS. The van der Waals surface area contributed by atoms with Gasteiger partial charge in [-0.15, -0.1) is 4.72 Å². The summed E-state index contributed by atoms with van der Waals surface area (Å²) in [6, 6.07) is 3.05. The summed E-state index contributed by atoms with van der Waals surface area (Å²) in [5.74, 6) is 0. The third kappa shape index (κ3) is 3.31. The second-order valence-electron chi connectivity index (χ2n) is 7.79. The molecule has 2 aliphatic rings. The molecule has 2 atom stereocenters. The van der Waals surface area contributed by atoms with Gasteiger partial charge in [-0.25, -0.2) is 8.78 Å². The van der Waals surface area contributed by atoms with Crippen LogP contribution < -0.4 is 10.0 Å². The Bertz CT molecular complexity index is 600. The van der Waals surface area contributed by atoms with Crippen LogP contribution in [0.3, 0.4) is 0 Å². The number of halogens is 2. The summed E-state index contributed by atoms with van der Waals surface area (Å²) >= 11 is -1.22. The van der Waals surface area contributed by atoms with Crippen molar-refractivity contribution in [3.63, 3.8) is 0 Å². The minimum atomic E-state index is -2.56. The molecule has 0 radical (unpaired) electrons. The number of nitrogens with zero attached hydrogens (tertiary/aromatic N) is 1. The highest BCUT2D eigenvalue weighted by atomic mass is 32.2. The molecule has 2 heterocycles. The molecule has 1 aliphatic carbocycles. The highest BCUT2D eigenvalue weighted by Crippen LogP contribution is 2.51. The SMILES string of the molecule is CC(C)(C)[S@@+]([O-])NC1c2ccc(C(F)F)nc2CC12CCNCC2. The third-order valence-electron chi connectivity index (χ3n) is 5.08. The van der Waals surface area contributed by atoms with Gasteiger partial charge in [-0.05, 0) is 64.8 Å². The number of hydrogen-bond acceptors (Lipinski definition) is 4. The zero-order valence-electron chi connectivity index (χ0n) is 14.4. The highest BCUT2D eigenvalue weighted by molar-refractivity contribution is 7.90. The molecule has 2 N–H and O–H groups in total. The van der Waals surface area contributed by atoms with Crippen LogP contribution in [0.25, 0.3) is 0 Å². The summed E-state index contributed by atoms with van der Waals surface area (Å²) in [4.78, 5) is 4.21. The fourth-order valence-electron chi connectivity index (χ4n) is 3.68. The molecule has 24 heavy (non-hydrogen) atoms. The number of nitrogens with one attached hydrogen (secondary N) is 2. The highest BCUT2D eigenvalue weighted by Gasteiger charge is 2.50. The summed E-state index contributed by atoms with van der Waals surface area (Å²) in [7, 11) is 0. The van der Waals surface area contributed by atoms with Gasteiger partial charge in [0.15, 0.2) is 0 Å². The maximum atomic E-state index is 13.0. The van der Waals surface area contributed by atoms with Crippen molar-refractivity contribution >= 4 is 11.4 Å². The van der Waals surface area contributed by atoms with E-state index in [1.807, 2.05) is 20.8 Å². The molecule has 134 valence electrons. The molecule has 1 fully saturated rings. The summed E-state index contributed by atoms with van der Waals surface area (Å²) in [5.41, 5.74) is 1.40. The van der Waals surface area contributed by atoms with Gasteiger partial charge in [0.1, 0.15) is 10.4 Å². The summed E-state index contributed by atoms with van der Waals surface area (Å²) in [6.45, 7) is 7.56. The standard InChI is InChI=1S/C17H25F2N3OS/c1-16(2,3)24(23)22-14-11-4-5-12(15(18)19)21-13(11)10-17(14)6-8-20-9-7-17/h4-5,14-15,20,22H,6-10H2,1-3H3/t14?,24-/m1/s1. The fraction of sp³-hybridized carbons (Fsp3) is 0.706. The molecule has 3 rings (SSSR count). The van der Waals surface area contributed by atoms with Crippen LogP contribution in [0.4, 0.5) is 8.78 Å². The molecule has 1 saturated heterocycles. The second-order valence-corrected chi connectivity index (χ2v) is 9.79.